The molecular weight excluding hydrogens is 328 g/mol. The fourth-order valence-corrected chi connectivity index (χ4v) is 4.37. The first-order chi connectivity index (χ1) is 10.5. The third kappa shape index (κ3) is 3.91. The first kappa shape index (κ1) is 17.5. The molecule has 0 spiro atoms. The summed E-state index contributed by atoms with van der Waals surface area (Å²) >= 11 is 5.98. The second-order valence-electron chi connectivity index (χ2n) is 5.10. The van der Waals surface area contributed by atoms with Crippen LogP contribution in [0.3, 0.4) is 0 Å². The number of nitrogens with zero attached hydrogens (tertiary/aromatic N) is 1. The molecule has 0 bridgehead atoms. The molecule has 0 saturated carbocycles. The lowest BCUT2D eigenvalue weighted by molar-refractivity contribution is 0.144. The standard InChI is InChI=1S/C14H21ClN2O4S/c1-11-10-16-5-6-17(11)22(18,19)14-9-12(15)3-4-13(14)21-8-7-20-2/h3-4,9,11,16H,5-8,10H2,1-2H3/t11-/m1/s1. The summed E-state index contributed by atoms with van der Waals surface area (Å²) in [7, 11) is -2.10. The smallest absolute Gasteiger partial charge is 0.247 e. The second kappa shape index (κ2) is 7.61. The topological polar surface area (TPSA) is 67.9 Å². The average molecular weight is 349 g/mol. The van der Waals surface area contributed by atoms with Crippen LogP contribution in [0.15, 0.2) is 23.1 Å². The first-order valence-electron chi connectivity index (χ1n) is 7.10. The zero-order valence-corrected chi connectivity index (χ0v) is 14.3. The van der Waals surface area contributed by atoms with Gasteiger partial charge in [-0.2, -0.15) is 4.31 Å². The number of nitrogens with one attached hydrogen (secondary N) is 1. The number of benzene rings is 1. The quantitative estimate of drug-likeness (QED) is 0.786. The molecular formula is C14H21ClN2O4S. The van der Waals surface area contributed by atoms with Crippen LogP contribution in [0.25, 0.3) is 0 Å². The van der Waals surface area contributed by atoms with Crippen LogP contribution in [0.1, 0.15) is 6.92 Å². The Morgan fingerprint density at radius 1 is 1.41 bits per heavy atom. The molecule has 1 saturated heterocycles. The summed E-state index contributed by atoms with van der Waals surface area (Å²) in [5, 5.41) is 3.54. The number of halogens is 1. The van der Waals surface area contributed by atoms with Gasteiger partial charge < -0.3 is 14.8 Å². The molecule has 6 nitrogen and oxygen atoms in total. The van der Waals surface area contributed by atoms with Crippen molar-refractivity contribution in [1.29, 1.82) is 0 Å². The van der Waals surface area contributed by atoms with E-state index in [2.05, 4.69) is 5.32 Å². The van der Waals surface area contributed by atoms with Gasteiger partial charge in [-0.05, 0) is 25.1 Å². The van der Waals surface area contributed by atoms with Gasteiger partial charge in [-0.1, -0.05) is 11.6 Å². The summed E-state index contributed by atoms with van der Waals surface area (Å²) in [5.41, 5.74) is 0. The van der Waals surface area contributed by atoms with E-state index in [0.29, 0.717) is 37.0 Å². The Balaban J connectivity index is 2.34. The van der Waals surface area contributed by atoms with E-state index in [0.717, 1.165) is 0 Å². The molecule has 0 radical (unpaired) electrons. The van der Waals surface area contributed by atoms with Gasteiger partial charge in [0.2, 0.25) is 10.0 Å². The number of rotatable bonds is 6. The molecule has 1 aromatic rings. The maximum Gasteiger partial charge on any atom is 0.247 e. The van der Waals surface area contributed by atoms with Gasteiger partial charge in [0.05, 0.1) is 6.61 Å². The lowest BCUT2D eigenvalue weighted by Gasteiger charge is -2.33. The van der Waals surface area contributed by atoms with Crippen LogP contribution < -0.4 is 10.1 Å². The number of hydrogen-bond acceptors (Lipinski definition) is 5. The minimum atomic E-state index is -3.66. The highest BCUT2D eigenvalue weighted by Gasteiger charge is 2.33. The zero-order chi connectivity index (χ0) is 16.2. The van der Waals surface area contributed by atoms with Crippen molar-refractivity contribution in [1.82, 2.24) is 9.62 Å². The average Bonchev–Trinajstić information content (AvgIpc) is 2.49. The Morgan fingerprint density at radius 3 is 2.86 bits per heavy atom. The van der Waals surface area contributed by atoms with Crippen LogP contribution >= 0.6 is 11.6 Å². The zero-order valence-electron chi connectivity index (χ0n) is 12.7. The highest BCUT2D eigenvalue weighted by atomic mass is 35.5. The molecule has 1 N–H and O–H groups in total. The van der Waals surface area contributed by atoms with E-state index in [1.165, 1.54) is 10.4 Å². The Labute approximate surface area is 136 Å². The molecule has 0 aromatic heterocycles. The molecule has 1 fully saturated rings. The summed E-state index contributed by atoms with van der Waals surface area (Å²) < 4.78 is 37.8. The monoisotopic (exact) mass is 348 g/mol. The fourth-order valence-electron chi connectivity index (χ4n) is 2.34. The van der Waals surface area contributed by atoms with Crippen molar-refractivity contribution in [2.75, 3.05) is 40.0 Å². The van der Waals surface area contributed by atoms with E-state index in [-0.39, 0.29) is 17.5 Å². The van der Waals surface area contributed by atoms with Gasteiger partial charge in [0.25, 0.3) is 0 Å². The van der Waals surface area contributed by atoms with E-state index in [9.17, 15) is 8.42 Å². The van der Waals surface area contributed by atoms with Crippen molar-refractivity contribution >= 4 is 21.6 Å². The predicted octanol–water partition coefficient (Wildman–Crippen LogP) is 1.35. The van der Waals surface area contributed by atoms with Crippen LogP contribution in [0.5, 0.6) is 5.75 Å². The minimum absolute atomic E-state index is 0.102. The molecule has 1 aromatic carbocycles. The number of hydrogen-bond donors (Lipinski definition) is 1. The SMILES string of the molecule is COCCOc1ccc(Cl)cc1S(=O)(=O)N1CCNC[C@H]1C. The number of piperazine rings is 1. The minimum Gasteiger partial charge on any atom is -0.490 e. The van der Waals surface area contributed by atoms with Gasteiger partial charge in [-0.25, -0.2) is 8.42 Å². The predicted molar refractivity (Wildman–Crippen MR) is 85.0 cm³/mol. The van der Waals surface area contributed by atoms with Crippen LogP contribution in [0.4, 0.5) is 0 Å². The molecule has 0 unspecified atom stereocenters. The molecule has 124 valence electrons. The van der Waals surface area contributed by atoms with E-state index in [1.807, 2.05) is 6.92 Å². The van der Waals surface area contributed by atoms with Crippen molar-refractivity contribution in [3.8, 4) is 5.75 Å². The highest BCUT2D eigenvalue weighted by molar-refractivity contribution is 7.89. The molecule has 2 rings (SSSR count). The van der Waals surface area contributed by atoms with E-state index in [4.69, 9.17) is 21.1 Å². The maximum atomic E-state index is 12.9. The first-order valence-corrected chi connectivity index (χ1v) is 8.92. The lowest BCUT2D eigenvalue weighted by Crippen LogP contribution is -2.52. The number of ether oxygens (including phenoxy) is 2. The number of methoxy groups -OCH3 is 1. The van der Waals surface area contributed by atoms with E-state index < -0.39 is 10.0 Å². The second-order valence-corrected chi connectivity index (χ2v) is 7.40. The van der Waals surface area contributed by atoms with Gasteiger partial charge in [0.1, 0.15) is 17.3 Å². The number of sulfonamides is 1. The van der Waals surface area contributed by atoms with Crippen LogP contribution in [-0.4, -0.2) is 58.7 Å². The van der Waals surface area contributed by atoms with Gasteiger partial charge in [0, 0.05) is 37.8 Å². The van der Waals surface area contributed by atoms with Crippen molar-refractivity contribution in [2.45, 2.75) is 17.9 Å². The third-order valence-corrected chi connectivity index (χ3v) is 5.75. The fraction of sp³-hybridized carbons (Fsp3) is 0.571. The normalized spacial score (nSPS) is 20.0. The third-order valence-electron chi connectivity index (χ3n) is 3.48. The lowest BCUT2D eigenvalue weighted by atomic mass is 10.3. The maximum absolute atomic E-state index is 12.9. The van der Waals surface area contributed by atoms with Crippen LogP contribution in [0.2, 0.25) is 5.02 Å². The largest absolute Gasteiger partial charge is 0.490 e. The summed E-state index contributed by atoms with van der Waals surface area (Å²) in [6, 6.07) is 4.51. The van der Waals surface area contributed by atoms with Gasteiger partial charge >= 0.3 is 0 Å². The molecule has 1 aliphatic heterocycles. The van der Waals surface area contributed by atoms with Gasteiger partial charge in [-0.15, -0.1) is 0 Å². The van der Waals surface area contributed by atoms with E-state index in [1.54, 1.807) is 19.2 Å². The Hall–Kier alpha value is -0.860. The Morgan fingerprint density at radius 2 is 2.18 bits per heavy atom. The summed E-state index contributed by atoms with van der Waals surface area (Å²) in [6.07, 6.45) is 0. The van der Waals surface area contributed by atoms with Crippen LogP contribution in [0, 0.1) is 0 Å². The Kier molecular flexibility index (Phi) is 6.05. The molecule has 0 aliphatic carbocycles. The molecule has 1 heterocycles. The molecule has 1 atom stereocenters. The molecule has 0 amide bonds. The molecule has 8 heteroatoms. The van der Waals surface area contributed by atoms with Gasteiger partial charge in [0.15, 0.2) is 0 Å². The van der Waals surface area contributed by atoms with Gasteiger partial charge in [-0.3, -0.25) is 0 Å². The van der Waals surface area contributed by atoms with E-state index >= 15 is 0 Å². The molecule has 22 heavy (non-hydrogen) atoms. The summed E-state index contributed by atoms with van der Waals surface area (Å²) in [5.74, 6) is 0.298. The molecule has 1 aliphatic rings. The Bertz CT molecular complexity index is 609. The summed E-state index contributed by atoms with van der Waals surface area (Å²) in [4.78, 5) is 0.102. The van der Waals surface area contributed by atoms with Crippen molar-refractivity contribution < 1.29 is 17.9 Å². The van der Waals surface area contributed by atoms with Crippen molar-refractivity contribution in [3.63, 3.8) is 0 Å². The van der Waals surface area contributed by atoms with Crippen molar-refractivity contribution in [3.05, 3.63) is 23.2 Å². The van der Waals surface area contributed by atoms with Crippen molar-refractivity contribution in [2.24, 2.45) is 0 Å². The van der Waals surface area contributed by atoms with Crippen LogP contribution in [-0.2, 0) is 14.8 Å². The summed E-state index contributed by atoms with van der Waals surface area (Å²) in [6.45, 7) is 4.21. The highest BCUT2D eigenvalue weighted by Crippen LogP contribution is 2.31.